The van der Waals surface area contributed by atoms with E-state index in [0.29, 0.717) is 21.9 Å². The Kier molecular flexibility index (Phi) is 5.04. The molecule has 1 saturated heterocycles. The number of halogens is 1. The third-order valence-corrected chi connectivity index (χ3v) is 6.51. The first kappa shape index (κ1) is 21.6. The van der Waals surface area contributed by atoms with Gasteiger partial charge in [-0.05, 0) is 56.9 Å². The van der Waals surface area contributed by atoms with Crippen molar-refractivity contribution in [3.8, 4) is 0 Å². The predicted octanol–water partition coefficient (Wildman–Crippen LogP) is 4.36. The van der Waals surface area contributed by atoms with E-state index in [-0.39, 0.29) is 29.4 Å². The van der Waals surface area contributed by atoms with E-state index in [2.05, 4.69) is 39.1 Å². The average Bonchev–Trinajstić information content (AvgIpc) is 3.42. The summed E-state index contributed by atoms with van der Waals surface area (Å²) in [6.45, 7) is 7.71. The van der Waals surface area contributed by atoms with Gasteiger partial charge in [0.15, 0.2) is 0 Å². The topological polar surface area (TPSA) is 113 Å². The summed E-state index contributed by atoms with van der Waals surface area (Å²) in [5.41, 5.74) is 0.572. The lowest BCUT2D eigenvalue weighted by Crippen LogP contribution is -2.43. The van der Waals surface area contributed by atoms with E-state index in [9.17, 15) is 9.59 Å². The summed E-state index contributed by atoms with van der Waals surface area (Å²) in [5.74, 6) is 1.17. The molecule has 10 heteroatoms. The molecule has 1 aromatic carbocycles. The minimum atomic E-state index is -0.438. The van der Waals surface area contributed by atoms with Crippen LogP contribution in [0.15, 0.2) is 29.1 Å². The first-order valence-corrected chi connectivity index (χ1v) is 11.4. The lowest BCUT2D eigenvalue weighted by atomic mass is 9.96. The average molecular weight is 469 g/mol. The van der Waals surface area contributed by atoms with Gasteiger partial charge in [0, 0.05) is 21.5 Å². The number of hydrogen-bond acceptors (Lipinski definition) is 7. The van der Waals surface area contributed by atoms with Gasteiger partial charge in [-0.25, -0.2) is 9.69 Å². The largest absolute Gasteiger partial charge is 0.440 e. The Bertz CT molecular complexity index is 1320. The van der Waals surface area contributed by atoms with Crippen molar-refractivity contribution in [1.29, 1.82) is 0 Å². The van der Waals surface area contributed by atoms with E-state index < -0.39 is 17.7 Å². The number of aromatic amines is 1. The number of aryl methyl sites for hydroxylation is 1. The number of H-pyrrole nitrogens is 1. The molecule has 1 aliphatic carbocycles. The number of hydrogen-bond donors (Lipinski definition) is 2. The summed E-state index contributed by atoms with van der Waals surface area (Å²) in [5, 5.41) is 4.60. The fourth-order valence-corrected chi connectivity index (χ4v) is 4.87. The van der Waals surface area contributed by atoms with Gasteiger partial charge in [0.1, 0.15) is 11.4 Å². The van der Waals surface area contributed by atoms with Crippen LogP contribution in [0.5, 0.6) is 0 Å². The molecule has 1 aliphatic heterocycles. The minimum Gasteiger partial charge on any atom is -0.440 e. The fraction of sp³-hybridized carbons (Fsp3) is 0.435. The molecule has 2 atom stereocenters. The maximum absolute atomic E-state index is 12.7. The first-order valence-electron chi connectivity index (χ1n) is 11.0. The Balaban J connectivity index is 1.47. The number of benzene rings is 1. The van der Waals surface area contributed by atoms with Gasteiger partial charge in [-0.1, -0.05) is 25.4 Å². The molecule has 3 heterocycles. The highest BCUT2D eigenvalue weighted by Gasteiger charge is 2.63. The zero-order valence-electron chi connectivity index (χ0n) is 18.8. The lowest BCUT2D eigenvalue weighted by molar-refractivity contribution is 0.109. The SMILES string of the molecule is Cc1nc(N[C@@H](C)c2cc3cc(Cl)ccc3[nH]c2=O)nc(N2C(=O)OC3(CC3)[C@@H]2C(C)C)n1. The number of nitrogens with one attached hydrogen (secondary N) is 2. The molecule has 2 fully saturated rings. The number of anilines is 2. The summed E-state index contributed by atoms with van der Waals surface area (Å²) in [6, 6.07) is 6.56. The fourth-order valence-electron chi connectivity index (χ4n) is 4.69. The minimum absolute atomic E-state index is 0.134. The van der Waals surface area contributed by atoms with Gasteiger partial charge in [0.2, 0.25) is 11.9 Å². The van der Waals surface area contributed by atoms with Gasteiger partial charge >= 0.3 is 6.09 Å². The van der Waals surface area contributed by atoms with Crippen molar-refractivity contribution >= 4 is 40.5 Å². The number of rotatable bonds is 5. The Morgan fingerprint density at radius 2 is 1.94 bits per heavy atom. The molecular weight excluding hydrogens is 444 g/mol. The zero-order chi connectivity index (χ0) is 23.5. The molecular formula is C23H25ClN6O3. The maximum atomic E-state index is 12.7. The number of pyridine rings is 1. The van der Waals surface area contributed by atoms with Gasteiger partial charge in [0.25, 0.3) is 5.56 Å². The molecule has 2 N–H and O–H groups in total. The van der Waals surface area contributed by atoms with Crippen LogP contribution in [-0.4, -0.2) is 37.7 Å². The molecule has 5 rings (SSSR count). The molecule has 33 heavy (non-hydrogen) atoms. The molecule has 2 aromatic heterocycles. The third-order valence-electron chi connectivity index (χ3n) is 6.28. The summed E-state index contributed by atoms with van der Waals surface area (Å²) in [7, 11) is 0. The van der Waals surface area contributed by atoms with E-state index in [4.69, 9.17) is 16.3 Å². The summed E-state index contributed by atoms with van der Waals surface area (Å²) < 4.78 is 5.71. The normalized spacial score (nSPS) is 19.9. The van der Waals surface area contributed by atoms with Crippen molar-refractivity contribution in [3.63, 3.8) is 0 Å². The second-order valence-corrected chi connectivity index (χ2v) is 9.59. The summed E-state index contributed by atoms with van der Waals surface area (Å²) in [6.07, 6.45) is 1.26. The van der Waals surface area contributed by atoms with Crippen LogP contribution in [0.1, 0.15) is 51.0 Å². The predicted molar refractivity (Wildman–Crippen MR) is 126 cm³/mol. The van der Waals surface area contributed by atoms with Crippen LogP contribution in [0.3, 0.4) is 0 Å². The highest BCUT2D eigenvalue weighted by molar-refractivity contribution is 6.31. The first-order chi connectivity index (χ1) is 15.7. The van der Waals surface area contributed by atoms with Crippen LogP contribution >= 0.6 is 11.6 Å². The van der Waals surface area contributed by atoms with Crippen molar-refractivity contribution in [1.82, 2.24) is 19.9 Å². The number of nitrogens with zero attached hydrogens (tertiary/aromatic N) is 4. The number of amides is 1. The van der Waals surface area contributed by atoms with Gasteiger partial charge in [-0.3, -0.25) is 4.79 Å². The Morgan fingerprint density at radius 1 is 1.18 bits per heavy atom. The van der Waals surface area contributed by atoms with Crippen molar-refractivity contribution in [3.05, 3.63) is 51.0 Å². The highest BCUT2D eigenvalue weighted by Crippen LogP contribution is 2.52. The van der Waals surface area contributed by atoms with Crippen LogP contribution in [0.2, 0.25) is 5.02 Å². The van der Waals surface area contributed by atoms with Crippen LogP contribution in [0, 0.1) is 12.8 Å². The molecule has 9 nitrogen and oxygen atoms in total. The number of ether oxygens (including phenoxy) is 1. The highest BCUT2D eigenvalue weighted by atomic mass is 35.5. The van der Waals surface area contributed by atoms with E-state index >= 15 is 0 Å². The molecule has 1 saturated carbocycles. The maximum Gasteiger partial charge on any atom is 0.417 e. The molecule has 2 aliphatic rings. The Morgan fingerprint density at radius 3 is 2.64 bits per heavy atom. The van der Waals surface area contributed by atoms with Gasteiger partial charge < -0.3 is 15.0 Å². The number of carbonyl (C=O) groups is 1. The van der Waals surface area contributed by atoms with E-state index in [1.165, 1.54) is 0 Å². The van der Waals surface area contributed by atoms with Crippen molar-refractivity contribution in [2.45, 2.75) is 58.2 Å². The van der Waals surface area contributed by atoms with Crippen LogP contribution < -0.4 is 15.8 Å². The molecule has 3 aromatic rings. The van der Waals surface area contributed by atoms with E-state index in [1.54, 1.807) is 36.1 Å². The van der Waals surface area contributed by atoms with Crippen LogP contribution in [-0.2, 0) is 4.74 Å². The van der Waals surface area contributed by atoms with Gasteiger partial charge in [-0.15, -0.1) is 0 Å². The van der Waals surface area contributed by atoms with Crippen molar-refractivity contribution in [2.75, 3.05) is 10.2 Å². The number of carbonyl (C=O) groups excluding carboxylic acids is 1. The third kappa shape index (κ3) is 3.80. The lowest BCUT2D eigenvalue weighted by Gasteiger charge is -2.26. The number of aromatic nitrogens is 4. The van der Waals surface area contributed by atoms with Gasteiger partial charge in [-0.2, -0.15) is 15.0 Å². The molecule has 1 spiro atoms. The number of fused-ring (bicyclic) bond motifs is 1. The molecule has 172 valence electrons. The Labute approximate surface area is 195 Å². The van der Waals surface area contributed by atoms with Gasteiger partial charge in [0.05, 0.1) is 12.1 Å². The van der Waals surface area contributed by atoms with Crippen LogP contribution in [0.25, 0.3) is 10.9 Å². The second kappa shape index (κ2) is 7.69. The summed E-state index contributed by atoms with van der Waals surface area (Å²) >= 11 is 6.11. The molecule has 0 unspecified atom stereocenters. The van der Waals surface area contributed by atoms with E-state index in [1.807, 2.05) is 6.92 Å². The second-order valence-electron chi connectivity index (χ2n) is 9.15. The molecule has 1 amide bonds. The molecule has 0 radical (unpaired) electrons. The smallest absolute Gasteiger partial charge is 0.417 e. The summed E-state index contributed by atoms with van der Waals surface area (Å²) in [4.78, 5) is 43.2. The standard InChI is InChI=1S/C23H25ClN6O3/c1-11(2)18-23(7-8-23)33-22(32)30(18)21-27-13(4)26-20(29-21)25-12(3)16-10-14-9-15(24)5-6-17(14)28-19(16)31/h5-6,9-12,18H,7-8H2,1-4H3,(H,28,31)(H,25,26,27,29)/t12-,18-/m0/s1. The van der Waals surface area contributed by atoms with Crippen LogP contribution in [0.4, 0.5) is 16.7 Å². The quantitative estimate of drug-likeness (QED) is 0.571. The van der Waals surface area contributed by atoms with E-state index in [0.717, 1.165) is 18.2 Å². The van der Waals surface area contributed by atoms with Crippen molar-refractivity contribution < 1.29 is 9.53 Å². The monoisotopic (exact) mass is 468 g/mol. The zero-order valence-corrected chi connectivity index (χ0v) is 19.6. The molecule has 0 bridgehead atoms. The van der Waals surface area contributed by atoms with Crippen molar-refractivity contribution in [2.24, 2.45) is 5.92 Å². The Hall–Kier alpha value is -3.20.